The van der Waals surface area contributed by atoms with Crippen LogP contribution in [0.4, 0.5) is 0 Å². The molecule has 13 heavy (non-hydrogen) atoms. The van der Waals surface area contributed by atoms with Gasteiger partial charge in [-0.25, -0.2) is 0 Å². The number of nitrogens with one attached hydrogen (secondary N) is 2. The smallest absolute Gasteiger partial charge is 0.155 e. The maximum Gasteiger partial charge on any atom is 0.155 e. The second-order valence-electron chi connectivity index (χ2n) is 3.88. The molecule has 4 heteroatoms. The zero-order valence-corrected chi connectivity index (χ0v) is 8.38. The summed E-state index contributed by atoms with van der Waals surface area (Å²) in [6.07, 6.45) is 2.37. The molecule has 0 spiro atoms. The summed E-state index contributed by atoms with van der Waals surface area (Å²) in [6.45, 7) is 6.70. The van der Waals surface area contributed by atoms with E-state index in [1.165, 1.54) is 18.8 Å². The number of allylic oxidation sites excluding steroid dienone is 1. The second-order valence-corrected chi connectivity index (χ2v) is 3.88. The van der Waals surface area contributed by atoms with E-state index < -0.39 is 0 Å². The first-order chi connectivity index (χ1) is 6.25. The summed E-state index contributed by atoms with van der Waals surface area (Å²) in [5.41, 5.74) is 1.23. The van der Waals surface area contributed by atoms with Gasteiger partial charge in [-0.05, 0) is 14.0 Å². The molecule has 0 aromatic carbocycles. The van der Waals surface area contributed by atoms with Gasteiger partial charge in [0.1, 0.15) is 0 Å². The van der Waals surface area contributed by atoms with Crippen LogP contribution in [-0.4, -0.2) is 49.3 Å². The molecule has 4 nitrogen and oxygen atoms in total. The summed E-state index contributed by atoms with van der Waals surface area (Å²) in [5, 5.41) is 6.72. The van der Waals surface area contributed by atoms with E-state index in [1.54, 1.807) is 0 Å². The zero-order chi connectivity index (χ0) is 9.26. The first-order valence-corrected chi connectivity index (χ1v) is 4.88. The molecular formula is C9H18N4. The Hall–Kier alpha value is -0.740. The molecular weight excluding hydrogens is 164 g/mol. The summed E-state index contributed by atoms with van der Waals surface area (Å²) >= 11 is 0. The van der Waals surface area contributed by atoms with Gasteiger partial charge in [0.25, 0.3) is 0 Å². The predicted octanol–water partition coefficient (Wildman–Crippen LogP) is -0.428. The van der Waals surface area contributed by atoms with E-state index in [1.807, 2.05) is 6.20 Å². The van der Waals surface area contributed by atoms with Crippen molar-refractivity contribution in [3.05, 3.63) is 11.9 Å². The quantitative estimate of drug-likeness (QED) is 0.576. The zero-order valence-electron chi connectivity index (χ0n) is 8.38. The number of likely N-dealkylation sites (N-methyl/N-ethyl adjacent to an activating group) is 1. The number of hydrogen-bond donors (Lipinski definition) is 2. The van der Waals surface area contributed by atoms with Gasteiger partial charge in [-0.2, -0.15) is 0 Å². The van der Waals surface area contributed by atoms with Crippen LogP contribution in [0.25, 0.3) is 0 Å². The summed E-state index contributed by atoms with van der Waals surface area (Å²) < 4.78 is 0. The minimum Gasteiger partial charge on any atom is -0.357 e. The Morgan fingerprint density at radius 1 is 1.31 bits per heavy atom. The number of rotatable bonds is 1. The molecule has 0 aliphatic carbocycles. The number of nitrogens with zero attached hydrogens (tertiary/aromatic N) is 2. The third-order valence-corrected chi connectivity index (χ3v) is 2.73. The minimum absolute atomic E-state index is 0.328. The Morgan fingerprint density at radius 3 is 2.54 bits per heavy atom. The molecule has 2 heterocycles. The molecule has 1 unspecified atom stereocenters. The van der Waals surface area contributed by atoms with Gasteiger partial charge in [0.05, 0.1) is 0 Å². The third kappa shape index (κ3) is 1.95. The average molecular weight is 182 g/mol. The van der Waals surface area contributed by atoms with Gasteiger partial charge >= 0.3 is 0 Å². The van der Waals surface area contributed by atoms with E-state index in [0.29, 0.717) is 6.29 Å². The van der Waals surface area contributed by atoms with Crippen LogP contribution in [0.15, 0.2) is 11.9 Å². The molecule has 0 amide bonds. The second kappa shape index (κ2) is 3.55. The van der Waals surface area contributed by atoms with Gasteiger partial charge in [-0.1, -0.05) is 0 Å². The molecule has 2 N–H and O–H groups in total. The lowest BCUT2D eigenvalue weighted by Gasteiger charge is -2.36. The average Bonchev–Trinajstić information content (AvgIpc) is 2.53. The van der Waals surface area contributed by atoms with E-state index in [-0.39, 0.29) is 0 Å². The molecule has 0 saturated carbocycles. The van der Waals surface area contributed by atoms with Crippen molar-refractivity contribution in [3.8, 4) is 0 Å². The Kier molecular flexibility index (Phi) is 2.42. The Labute approximate surface area is 79.6 Å². The Morgan fingerprint density at radius 2 is 2.00 bits per heavy atom. The maximum atomic E-state index is 3.40. The highest BCUT2D eigenvalue weighted by atomic mass is 15.4. The lowest BCUT2D eigenvalue weighted by molar-refractivity contribution is 0.0950. The van der Waals surface area contributed by atoms with Gasteiger partial charge < -0.3 is 15.5 Å². The molecule has 1 atom stereocenters. The summed E-state index contributed by atoms with van der Waals surface area (Å²) in [7, 11) is 2.18. The van der Waals surface area contributed by atoms with Crippen LogP contribution in [-0.2, 0) is 0 Å². The van der Waals surface area contributed by atoms with Crippen molar-refractivity contribution < 1.29 is 0 Å². The van der Waals surface area contributed by atoms with Crippen LogP contribution in [0, 0.1) is 0 Å². The Balaban J connectivity index is 1.82. The van der Waals surface area contributed by atoms with Crippen LogP contribution < -0.4 is 10.6 Å². The number of hydrogen-bond acceptors (Lipinski definition) is 4. The van der Waals surface area contributed by atoms with Crippen molar-refractivity contribution in [2.45, 2.75) is 13.2 Å². The van der Waals surface area contributed by atoms with E-state index in [2.05, 4.69) is 34.4 Å². The lowest BCUT2D eigenvalue weighted by Crippen LogP contribution is -2.56. The van der Waals surface area contributed by atoms with Crippen LogP contribution in [0.3, 0.4) is 0 Å². The highest BCUT2D eigenvalue weighted by Gasteiger charge is 2.23. The highest BCUT2D eigenvalue weighted by Crippen LogP contribution is 2.06. The molecule has 2 rings (SSSR count). The van der Waals surface area contributed by atoms with Gasteiger partial charge in [0.15, 0.2) is 6.29 Å². The first-order valence-electron chi connectivity index (χ1n) is 4.88. The van der Waals surface area contributed by atoms with Gasteiger partial charge in [0, 0.05) is 38.1 Å². The molecule has 2 aliphatic heterocycles. The van der Waals surface area contributed by atoms with Crippen LogP contribution in [0.5, 0.6) is 0 Å². The topological polar surface area (TPSA) is 30.5 Å². The van der Waals surface area contributed by atoms with Crippen molar-refractivity contribution in [3.63, 3.8) is 0 Å². The highest BCUT2D eigenvalue weighted by molar-refractivity contribution is 5.03. The van der Waals surface area contributed by atoms with Crippen LogP contribution in [0.1, 0.15) is 6.92 Å². The fourth-order valence-electron chi connectivity index (χ4n) is 1.78. The maximum absolute atomic E-state index is 3.40. The molecule has 0 bridgehead atoms. The van der Waals surface area contributed by atoms with Crippen LogP contribution >= 0.6 is 0 Å². The fraction of sp³-hybridized carbons (Fsp3) is 0.778. The third-order valence-electron chi connectivity index (χ3n) is 2.73. The summed E-state index contributed by atoms with van der Waals surface area (Å²) in [5.74, 6) is 0. The SMILES string of the molecule is CC1=CNC(N2CCN(C)CC2)N1. The molecule has 0 aromatic rings. The number of piperazine rings is 1. The molecule has 0 aromatic heterocycles. The van der Waals surface area contributed by atoms with Crippen molar-refractivity contribution in [2.24, 2.45) is 0 Å². The van der Waals surface area contributed by atoms with Gasteiger partial charge in [-0.15, -0.1) is 0 Å². The van der Waals surface area contributed by atoms with Crippen molar-refractivity contribution >= 4 is 0 Å². The largest absolute Gasteiger partial charge is 0.357 e. The van der Waals surface area contributed by atoms with Crippen molar-refractivity contribution in [1.29, 1.82) is 0 Å². The summed E-state index contributed by atoms with van der Waals surface area (Å²) in [6, 6.07) is 0. The van der Waals surface area contributed by atoms with E-state index >= 15 is 0 Å². The van der Waals surface area contributed by atoms with Crippen LogP contribution in [0.2, 0.25) is 0 Å². The van der Waals surface area contributed by atoms with E-state index in [0.717, 1.165) is 13.1 Å². The van der Waals surface area contributed by atoms with E-state index in [9.17, 15) is 0 Å². The predicted molar refractivity (Wildman–Crippen MR) is 52.9 cm³/mol. The minimum atomic E-state index is 0.328. The van der Waals surface area contributed by atoms with E-state index in [4.69, 9.17) is 0 Å². The monoisotopic (exact) mass is 182 g/mol. The van der Waals surface area contributed by atoms with Crippen molar-refractivity contribution in [2.75, 3.05) is 33.2 Å². The first kappa shape index (κ1) is 8.84. The molecule has 0 radical (unpaired) electrons. The molecule has 1 fully saturated rings. The molecule has 1 saturated heterocycles. The normalized spacial score (nSPS) is 30.9. The molecule has 2 aliphatic rings. The van der Waals surface area contributed by atoms with Crippen molar-refractivity contribution in [1.82, 2.24) is 20.4 Å². The van der Waals surface area contributed by atoms with Gasteiger partial charge in [0.2, 0.25) is 0 Å². The Bertz CT molecular complexity index is 206. The lowest BCUT2D eigenvalue weighted by atomic mass is 10.3. The summed E-state index contributed by atoms with van der Waals surface area (Å²) in [4.78, 5) is 4.80. The standard InChI is InChI=1S/C9H18N4/c1-8-7-10-9(11-8)13-5-3-12(2)4-6-13/h7,9-11H,3-6H2,1-2H3. The van der Waals surface area contributed by atoms with Gasteiger partial charge in [-0.3, -0.25) is 4.90 Å². The fourth-order valence-corrected chi connectivity index (χ4v) is 1.78. The molecule has 74 valence electrons.